The van der Waals surface area contributed by atoms with Gasteiger partial charge in [0, 0.05) is 52.9 Å². The fraction of sp³-hybridized carbons (Fsp3) is 0.400. The van der Waals surface area contributed by atoms with Crippen LogP contribution in [0.15, 0.2) is 30.3 Å². The standard InChI is InChI=1S/C15H19N3OS/c1-16-11-13-10-12-4-2-3-5-14(12)17-15(13)18-6-8-20(19)9-7-18/h2-5,10,16H,6-9,11H2,1H3. The van der Waals surface area contributed by atoms with E-state index < -0.39 is 10.8 Å². The highest BCUT2D eigenvalue weighted by Crippen LogP contribution is 2.24. The number of hydrogen-bond donors (Lipinski definition) is 1. The summed E-state index contributed by atoms with van der Waals surface area (Å²) in [5.74, 6) is 2.52. The molecule has 3 rings (SSSR count). The highest BCUT2D eigenvalue weighted by atomic mass is 32.2. The minimum atomic E-state index is -0.657. The van der Waals surface area contributed by atoms with Crippen molar-refractivity contribution >= 4 is 27.5 Å². The van der Waals surface area contributed by atoms with Gasteiger partial charge < -0.3 is 10.2 Å². The van der Waals surface area contributed by atoms with Crippen molar-refractivity contribution in [1.82, 2.24) is 10.3 Å². The zero-order valence-electron chi connectivity index (χ0n) is 11.6. The van der Waals surface area contributed by atoms with Gasteiger partial charge in [0.25, 0.3) is 0 Å². The molecule has 1 aromatic heterocycles. The molecule has 106 valence electrons. The van der Waals surface area contributed by atoms with Crippen LogP contribution in [0.3, 0.4) is 0 Å². The largest absolute Gasteiger partial charge is 0.354 e. The zero-order valence-corrected chi connectivity index (χ0v) is 12.4. The minimum Gasteiger partial charge on any atom is -0.354 e. The Kier molecular flexibility index (Phi) is 3.98. The summed E-state index contributed by atoms with van der Waals surface area (Å²) in [6.07, 6.45) is 0. The number of pyridine rings is 1. The normalized spacial score (nSPS) is 16.8. The van der Waals surface area contributed by atoms with Gasteiger partial charge >= 0.3 is 0 Å². The topological polar surface area (TPSA) is 45.2 Å². The highest BCUT2D eigenvalue weighted by Gasteiger charge is 2.19. The highest BCUT2D eigenvalue weighted by molar-refractivity contribution is 7.85. The Morgan fingerprint density at radius 2 is 2.05 bits per heavy atom. The van der Waals surface area contributed by atoms with Gasteiger partial charge in [-0.1, -0.05) is 18.2 Å². The molecule has 0 saturated carbocycles. The van der Waals surface area contributed by atoms with Crippen LogP contribution in [0.1, 0.15) is 5.56 Å². The van der Waals surface area contributed by atoms with E-state index in [1.807, 2.05) is 25.2 Å². The van der Waals surface area contributed by atoms with Gasteiger partial charge in [-0.15, -0.1) is 0 Å². The van der Waals surface area contributed by atoms with Gasteiger partial charge in [0.15, 0.2) is 0 Å². The molecule has 0 spiro atoms. The van der Waals surface area contributed by atoms with E-state index in [9.17, 15) is 4.21 Å². The third-order valence-corrected chi connectivity index (χ3v) is 4.90. The molecule has 20 heavy (non-hydrogen) atoms. The van der Waals surface area contributed by atoms with Gasteiger partial charge in [0.05, 0.1) is 5.52 Å². The zero-order chi connectivity index (χ0) is 13.9. The Morgan fingerprint density at radius 1 is 1.30 bits per heavy atom. The Morgan fingerprint density at radius 3 is 2.80 bits per heavy atom. The van der Waals surface area contributed by atoms with Crippen LogP contribution in [0.4, 0.5) is 5.82 Å². The number of fused-ring (bicyclic) bond motifs is 1. The van der Waals surface area contributed by atoms with Crippen molar-refractivity contribution in [2.75, 3.05) is 36.5 Å². The Balaban J connectivity index is 2.02. The van der Waals surface area contributed by atoms with Crippen molar-refractivity contribution in [1.29, 1.82) is 0 Å². The molecule has 0 bridgehead atoms. The van der Waals surface area contributed by atoms with Gasteiger partial charge in [-0.25, -0.2) is 4.98 Å². The molecule has 2 aromatic rings. The van der Waals surface area contributed by atoms with Crippen molar-refractivity contribution in [3.63, 3.8) is 0 Å². The molecule has 1 aliphatic rings. The summed E-state index contributed by atoms with van der Waals surface area (Å²) in [6, 6.07) is 10.4. The monoisotopic (exact) mass is 289 g/mol. The summed E-state index contributed by atoms with van der Waals surface area (Å²) in [6.45, 7) is 2.45. The van der Waals surface area contributed by atoms with Crippen molar-refractivity contribution in [2.24, 2.45) is 0 Å². The molecule has 5 heteroatoms. The molecule has 0 amide bonds. The van der Waals surface area contributed by atoms with E-state index in [-0.39, 0.29) is 0 Å². The SMILES string of the molecule is CNCc1cc2ccccc2nc1N1CCS(=O)CC1. The number of anilines is 1. The summed E-state index contributed by atoms with van der Waals surface area (Å²) in [5, 5.41) is 4.38. The maximum absolute atomic E-state index is 11.5. The number of benzene rings is 1. The molecule has 0 atom stereocenters. The van der Waals surface area contributed by atoms with E-state index in [1.165, 1.54) is 10.9 Å². The van der Waals surface area contributed by atoms with E-state index in [0.717, 1.165) is 42.5 Å². The maximum atomic E-state index is 11.5. The molecule has 0 aliphatic carbocycles. The fourth-order valence-electron chi connectivity index (χ4n) is 2.59. The minimum absolute atomic E-state index is 0.657. The van der Waals surface area contributed by atoms with Gasteiger partial charge in [-0.2, -0.15) is 0 Å². The number of aromatic nitrogens is 1. The van der Waals surface area contributed by atoms with Gasteiger partial charge in [0.2, 0.25) is 0 Å². The molecule has 1 fully saturated rings. The molecule has 4 nitrogen and oxygen atoms in total. The number of nitrogens with one attached hydrogen (secondary N) is 1. The van der Waals surface area contributed by atoms with Crippen molar-refractivity contribution in [2.45, 2.75) is 6.54 Å². The first-order chi connectivity index (χ1) is 9.78. The Bertz CT molecular complexity index is 634. The van der Waals surface area contributed by atoms with Gasteiger partial charge in [-0.05, 0) is 19.2 Å². The smallest absolute Gasteiger partial charge is 0.133 e. The second-order valence-electron chi connectivity index (χ2n) is 5.03. The van der Waals surface area contributed by atoms with Crippen LogP contribution in [0.25, 0.3) is 10.9 Å². The summed E-state index contributed by atoms with van der Waals surface area (Å²) in [4.78, 5) is 7.09. The first kappa shape index (κ1) is 13.5. The van der Waals surface area contributed by atoms with Crippen LogP contribution in [0.5, 0.6) is 0 Å². The lowest BCUT2D eigenvalue weighted by molar-refractivity contribution is 0.671. The van der Waals surface area contributed by atoms with Crippen LogP contribution in [-0.2, 0) is 17.3 Å². The molecular formula is C15H19N3OS. The van der Waals surface area contributed by atoms with E-state index in [2.05, 4.69) is 22.3 Å². The molecule has 2 heterocycles. The van der Waals surface area contributed by atoms with Gasteiger partial charge in [-0.3, -0.25) is 4.21 Å². The van der Waals surface area contributed by atoms with Crippen LogP contribution in [0, 0.1) is 0 Å². The molecule has 1 N–H and O–H groups in total. The van der Waals surface area contributed by atoms with Crippen LogP contribution < -0.4 is 10.2 Å². The van der Waals surface area contributed by atoms with E-state index in [0.29, 0.717) is 0 Å². The molecule has 0 radical (unpaired) electrons. The third kappa shape index (κ3) is 2.69. The summed E-state index contributed by atoms with van der Waals surface area (Å²) < 4.78 is 11.5. The predicted octanol–water partition coefficient (Wildman–Crippen LogP) is 1.52. The molecule has 1 saturated heterocycles. The molecule has 1 aliphatic heterocycles. The van der Waals surface area contributed by atoms with E-state index >= 15 is 0 Å². The molecule has 0 unspecified atom stereocenters. The van der Waals surface area contributed by atoms with Crippen LogP contribution in [-0.4, -0.2) is 40.8 Å². The van der Waals surface area contributed by atoms with E-state index in [1.54, 1.807) is 0 Å². The fourth-order valence-corrected chi connectivity index (χ4v) is 3.65. The van der Waals surface area contributed by atoms with Crippen molar-refractivity contribution in [3.8, 4) is 0 Å². The van der Waals surface area contributed by atoms with Crippen molar-refractivity contribution in [3.05, 3.63) is 35.9 Å². The van der Waals surface area contributed by atoms with Crippen molar-refractivity contribution < 1.29 is 4.21 Å². The lowest BCUT2D eigenvalue weighted by atomic mass is 10.1. The average molecular weight is 289 g/mol. The lowest BCUT2D eigenvalue weighted by Gasteiger charge is -2.29. The molecule has 1 aromatic carbocycles. The Labute approximate surface area is 121 Å². The first-order valence-electron chi connectivity index (χ1n) is 6.91. The molecular weight excluding hydrogens is 270 g/mol. The number of para-hydroxylation sites is 1. The summed E-state index contributed by atoms with van der Waals surface area (Å²) in [7, 11) is 1.29. The van der Waals surface area contributed by atoms with Gasteiger partial charge in [0.1, 0.15) is 5.82 Å². The van der Waals surface area contributed by atoms with E-state index in [4.69, 9.17) is 4.98 Å². The second kappa shape index (κ2) is 5.89. The second-order valence-corrected chi connectivity index (χ2v) is 6.73. The number of hydrogen-bond acceptors (Lipinski definition) is 4. The Hall–Kier alpha value is -1.46. The summed E-state index contributed by atoms with van der Waals surface area (Å²) in [5.41, 5.74) is 2.23. The predicted molar refractivity (Wildman–Crippen MR) is 84.6 cm³/mol. The maximum Gasteiger partial charge on any atom is 0.133 e. The first-order valence-corrected chi connectivity index (χ1v) is 8.40. The van der Waals surface area contributed by atoms with Crippen LogP contribution in [0.2, 0.25) is 0 Å². The summed E-state index contributed by atoms with van der Waals surface area (Å²) >= 11 is 0. The third-order valence-electron chi connectivity index (χ3n) is 3.62. The average Bonchev–Trinajstić information content (AvgIpc) is 2.48. The quantitative estimate of drug-likeness (QED) is 0.930. The number of rotatable bonds is 3. The van der Waals surface area contributed by atoms with Crippen LogP contribution >= 0.6 is 0 Å². The number of nitrogens with zero attached hydrogens (tertiary/aromatic N) is 2. The lowest BCUT2D eigenvalue weighted by Crippen LogP contribution is -2.39.